The Morgan fingerprint density at radius 2 is 2.05 bits per heavy atom. The summed E-state index contributed by atoms with van der Waals surface area (Å²) in [6.45, 7) is 0.403. The number of para-hydroxylation sites is 1. The molecule has 0 bridgehead atoms. The number of aromatic nitrogens is 1. The lowest BCUT2D eigenvalue weighted by atomic mass is 10.2. The molecule has 106 valence electrons. The predicted octanol–water partition coefficient (Wildman–Crippen LogP) is 1.25. The zero-order valence-electron chi connectivity index (χ0n) is 11.1. The Labute approximate surface area is 119 Å². The summed E-state index contributed by atoms with van der Waals surface area (Å²) in [6, 6.07) is 10.5. The molecule has 3 rings (SSSR count). The number of furan rings is 1. The smallest absolute Gasteiger partial charge is 0.301 e. The average molecular weight is 283 g/mol. The van der Waals surface area contributed by atoms with Gasteiger partial charge in [-0.1, -0.05) is 12.1 Å². The van der Waals surface area contributed by atoms with E-state index in [-0.39, 0.29) is 11.2 Å². The largest absolute Gasteiger partial charge is 0.459 e. The van der Waals surface area contributed by atoms with Gasteiger partial charge < -0.3 is 8.98 Å². The van der Waals surface area contributed by atoms with Crippen LogP contribution < -0.4 is 16.7 Å². The standard InChI is InChI=1S/C15H13N3O3/c16-17-15(20)14-10(6-8-21-14)9-18-7-5-13(19)11-3-1-2-4-12(11)18/h1-8H,9,16H2,(H,17,20). The second-order valence-corrected chi connectivity index (χ2v) is 4.57. The number of nitrogens with zero attached hydrogens (tertiary/aromatic N) is 1. The van der Waals surface area contributed by atoms with Gasteiger partial charge in [-0.25, -0.2) is 5.84 Å². The number of carbonyl (C=O) groups excluding carboxylic acids is 1. The van der Waals surface area contributed by atoms with E-state index in [1.807, 2.05) is 28.2 Å². The third-order valence-corrected chi connectivity index (χ3v) is 3.31. The summed E-state index contributed by atoms with van der Waals surface area (Å²) >= 11 is 0. The SMILES string of the molecule is NNC(=O)c1occc1Cn1ccc(=O)c2ccccc21. The van der Waals surface area contributed by atoms with E-state index >= 15 is 0 Å². The lowest BCUT2D eigenvalue weighted by Gasteiger charge is -2.10. The molecule has 0 saturated carbocycles. The van der Waals surface area contributed by atoms with E-state index in [2.05, 4.69) is 0 Å². The number of hydrazine groups is 1. The highest BCUT2D eigenvalue weighted by atomic mass is 16.3. The Bertz CT molecular complexity index is 864. The minimum atomic E-state index is -0.486. The van der Waals surface area contributed by atoms with Crippen molar-refractivity contribution in [2.75, 3.05) is 0 Å². The molecule has 0 saturated heterocycles. The normalized spacial score (nSPS) is 10.7. The van der Waals surface area contributed by atoms with Gasteiger partial charge in [-0.05, 0) is 18.2 Å². The van der Waals surface area contributed by atoms with Gasteiger partial charge in [0.15, 0.2) is 11.2 Å². The van der Waals surface area contributed by atoms with Crippen LogP contribution in [-0.4, -0.2) is 10.5 Å². The first-order valence-corrected chi connectivity index (χ1v) is 6.36. The fraction of sp³-hybridized carbons (Fsp3) is 0.0667. The van der Waals surface area contributed by atoms with Crippen molar-refractivity contribution < 1.29 is 9.21 Å². The van der Waals surface area contributed by atoms with Gasteiger partial charge in [0.05, 0.1) is 18.3 Å². The van der Waals surface area contributed by atoms with Crippen LogP contribution in [-0.2, 0) is 6.54 Å². The van der Waals surface area contributed by atoms with E-state index in [0.29, 0.717) is 17.5 Å². The average Bonchev–Trinajstić information content (AvgIpc) is 2.98. The molecule has 21 heavy (non-hydrogen) atoms. The summed E-state index contributed by atoms with van der Waals surface area (Å²) < 4.78 is 7.04. The highest BCUT2D eigenvalue weighted by molar-refractivity contribution is 5.92. The Kier molecular flexibility index (Phi) is 3.29. The molecule has 0 aliphatic rings. The number of pyridine rings is 1. The number of nitrogens with two attached hydrogens (primary N) is 1. The second-order valence-electron chi connectivity index (χ2n) is 4.57. The lowest BCUT2D eigenvalue weighted by molar-refractivity contribution is 0.0924. The maximum absolute atomic E-state index is 11.8. The number of benzene rings is 1. The zero-order valence-corrected chi connectivity index (χ0v) is 11.1. The van der Waals surface area contributed by atoms with Crippen molar-refractivity contribution in [2.45, 2.75) is 6.54 Å². The van der Waals surface area contributed by atoms with E-state index in [4.69, 9.17) is 10.3 Å². The first-order chi connectivity index (χ1) is 10.2. The van der Waals surface area contributed by atoms with Crippen LogP contribution in [0, 0.1) is 0 Å². The molecular formula is C15H13N3O3. The highest BCUT2D eigenvalue weighted by Crippen LogP contribution is 2.16. The lowest BCUT2D eigenvalue weighted by Crippen LogP contribution is -2.30. The van der Waals surface area contributed by atoms with Crippen LogP contribution in [0.3, 0.4) is 0 Å². The number of carbonyl (C=O) groups is 1. The summed E-state index contributed by atoms with van der Waals surface area (Å²) in [5.41, 5.74) is 3.50. The van der Waals surface area contributed by atoms with Crippen LogP contribution in [0.1, 0.15) is 16.1 Å². The summed E-state index contributed by atoms with van der Waals surface area (Å²) in [5.74, 6) is 4.81. The van der Waals surface area contributed by atoms with Crippen LogP contribution in [0.5, 0.6) is 0 Å². The number of nitrogens with one attached hydrogen (secondary N) is 1. The van der Waals surface area contributed by atoms with Crippen LogP contribution in [0.15, 0.2) is 58.1 Å². The fourth-order valence-corrected chi connectivity index (χ4v) is 2.31. The molecule has 0 unspecified atom stereocenters. The van der Waals surface area contributed by atoms with Crippen LogP contribution in [0.2, 0.25) is 0 Å². The van der Waals surface area contributed by atoms with Gasteiger partial charge in [0.2, 0.25) is 0 Å². The van der Waals surface area contributed by atoms with Gasteiger partial charge in [-0.15, -0.1) is 0 Å². The van der Waals surface area contributed by atoms with E-state index in [9.17, 15) is 9.59 Å². The quantitative estimate of drug-likeness (QED) is 0.430. The monoisotopic (exact) mass is 283 g/mol. The van der Waals surface area contributed by atoms with Crippen molar-refractivity contribution in [1.82, 2.24) is 9.99 Å². The van der Waals surface area contributed by atoms with Gasteiger partial charge in [-0.3, -0.25) is 15.0 Å². The molecular weight excluding hydrogens is 270 g/mol. The van der Waals surface area contributed by atoms with E-state index in [1.54, 1.807) is 18.3 Å². The van der Waals surface area contributed by atoms with Crippen molar-refractivity contribution >= 4 is 16.8 Å². The number of rotatable bonds is 3. The number of nitrogen functional groups attached to an aromatic ring is 1. The zero-order chi connectivity index (χ0) is 14.8. The molecule has 0 aliphatic carbocycles. The van der Waals surface area contributed by atoms with Crippen molar-refractivity contribution in [3.63, 3.8) is 0 Å². The minimum absolute atomic E-state index is 0.0334. The minimum Gasteiger partial charge on any atom is -0.459 e. The molecule has 2 aromatic heterocycles. The Hall–Kier alpha value is -2.86. The summed E-state index contributed by atoms with van der Waals surface area (Å²) in [7, 11) is 0. The van der Waals surface area contributed by atoms with Crippen LogP contribution in [0.25, 0.3) is 10.9 Å². The van der Waals surface area contributed by atoms with Gasteiger partial charge in [0.1, 0.15) is 0 Å². The summed E-state index contributed by atoms with van der Waals surface area (Å²) in [4.78, 5) is 23.5. The van der Waals surface area contributed by atoms with Crippen LogP contribution >= 0.6 is 0 Å². The van der Waals surface area contributed by atoms with Gasteiger partial charge >= 0.3 is 5.91 Å². The summed E-state index contributed by atoms with van der Waals surface area (Å²) in [6.07, 6.45) is 3.13. The molecule has 2 heterocycles. The third-order valence-electron chi connectivity index (χ3n) is 3.31. The first-order valence-electron chi connectivity index (χ1n) is 6.36. The van der Waals surface area contributed by atoms with Crippen molar-refractivity contribution in [2.24, 2.45) is 5.84 Å². The Morgan fingerprint density at radius 1 is 1.24 bits per heavy atom. The fourth-order valence-electron chi connectivity index (χ4n) is 2.31. The molecule has 6 nitrogen and oxygen atoms in total. The number of hydrogen-bond donors (Lipinski definition) is 2. The first kappa shape index (κ1) is 13.1. The third kappa shape index (κ3) is 2.32. The van der Waals surface area contributed by atoms with E-state index in [0.717, 1.165) is 5.52 Å². The van der Waals surface area contributed by atoms with Crippen molar-refractivity contribution in [3.05, 3.63) is 70.4 Å². The van der Waals surface area contributed by atoms with Gasteiger partial charge in [-0.2, -0.15) is 0 Å². The topological polar surface area (TPSA) is 90.3 Å². The molecule has 0 atom stereocenters. The highest BCUT2D eigenvalue weighted by Gasteiger charge is 2.15. The van der Waals surface area contributed by atoms with Crippen LogP contribution in [0.4, 0.5) is 0 Å². The Morgan fingerprint density at radius 3 is 2.86 bits per heavy atom. The van der Waals surface area contributed by atoms with E-state index in [1.165, 1.54) is 12.3 Å². The maximum atomic E-state index is 11.8. The van der Waals surface area contributed by atoms with Crippen molar-refractivity contribution in [3.8, 4) is 0 Å². The van der Waals surface area contributed by atoms with Gasteiger partial charge in [0, 0.05) is 23.2 Å². The molecule has 0 spiro atoms. The summed E-state index contributed by atoms with van der Waals surface area (Å²) in [5, 5.41) is 0.633. The Balaban J connectivity index is 2.08. The predicted molar refractivity (Wildman–Crippen MR) is 77.7 cm³/mol. The molecule has 6 heteroatoms. The molecule has 1 amide bonds. The number of hydrogen-bond acceptors (Lipinski definition) is 4. The molecule has 0 fully saturated rings. The molecule has 0 aliphatic heterocycles. The van der Waals surface area contributed by atoms with Crippen molar-refractivity contribution in [1.29, 1.82) is 0 Å². The maximum Gasteiger partial charge on any atom is 0.301 e. The molecule has 1 aromatic carbocycles. The molecule has 3 N–H and O–H groups in total. The number of amides is 1. The molecule has 3 aromatic rings. The van der Waals surface area contributed by atoms with E-state index < -0.39 is 5.91 Å². The van der Waals surface area contributed by atoms with Gasteiger partial charge in [0.25, 0.3) is 0 Å². The molecule has 0 radical (unpaired) electrons. The second kappa shape index (κ2) is 5.26. The number of fused-ring (bicyclic) bond motifs is 1.